The molecule has 0 spiro atoms. The number of hydrogen-bond donors (Lipinski definition) is 0. The fourth-order valence-corrected chi connectivity index (χ4v) is 7.52. The zero-order chi connectivity index (χ0) is 27.1. The minimum Gasteiger partial charge on any atom is -0.358 e. The molecule has 5 heterocycles. The molecule has 4 aliphatic rings. The summed E-state index contributed by atoms with van der Waals surface area (Å²) in [4.78, 5) is 19.9. The molecule has 6 heteroatoms. The lowest BCUT2D eigenvalue weighted by Crippen LogP contribution is -2.59. The van der Waals surface area contributed by atoms with Gasteiger partial charge in [-0.2, -0.15) is 0 Å². The molecule has 0 saturated carbocycles. The Morgan fingerprint density at radius 1 is 0.800 bits per heavy atom. The number of hydrogen-bond acceptors (Lipinski definition) is 6. The van der Waals surface area contributed by atoms with Gasteiger partial charge in [0.05, 0.1) is 11.9 Å². The summed E-state index contributed by atoms with van der Waals surface area (Å²) in [5, 5.41) is 0. The van der Waals surface area contributed by atoms with E-state index in [-0.39, 0.29) is 24.2 Å². The van der Waals surface area contributed by atoms with Crippen molar-refractivity contribution in [1.29, 1.82) is 0 Å². The summed E-state index contributed by atoms with van der Waals surface area (Å²) >= 11 is 0. The first-order valence-electron chi connectivity index (χ1n) is 14.0. The molecule has 8 rings (SSSR count). The molecule has 0 radical (unpaired) electrons. The van der Waals surface area contributed by atoms with E-state index in [4.69, 9.17) is 9.97 Å². The summed E-state index contributed by atoms with van der Waals surface area (Å²) in [5.41, 5.74) is 9.57. The van der Waals surface area contributed by atoms with E-state index in [0.717, 1.165) is 29.3 Å². The third-order valence-corrected chi connectivity index (χ3v) is 9.35. The third-order valence-electron chi connectivity index (χ3n) is 9.35. The lowest BCUT2D eigenvalue weighted by atomic mass is 9.72. The molecular formula is C34H32N6. The summed E-state index contributed by atoms with van der Waals surface area (Å²) in [6.07, 6.45) is 7.60. The molecule has 4 atom stereocenters. The van der Waals surface area contributed by atoms with Crippen LogP contribution in [0, 0.1) is 12.8 Å². The number of benzene rings is 3. The number of aromatic nitrogens is 2. The second kappa shape index (κ2) is 8.46. The van der Waals surface area contributed by atoms with Crippen LogP contribution in [0.2, 0.25) is 0 Å². The predicted octanol–water partition coefficient (Wildman–Crippen LogP) is 6.75. The van der Waals surface area contributed by atoms with Crippen molar-refractivity contribution in [3.63, 3.8) is 0 Å². The number of fused-ring (bicyclic) bond motifs is 12. The number of para-hydroxylation sites is 2. The maximum Gasteiger partial charge on any atom is 0.162 e. The second-order valence-corrected chi connectivity index (χ2v) is 11.5. The number of allylic oxidation sites excluding steroid dienone is 1. The molecule has 0 bridgehead atoms. The second-order valence-electron chi connectivity index (χ2n) is 11.5. The van der Waals surface area contributed by atoms with Gasteiger partial charge in [-0.3, -0.25) is 0 Å². The molecule has 198 valence electrons. The zero-order valence-corrected chi connectivity index (χ0v) is 23.1. The standard InChI is InChI=1S/C34H32N6/c1-21-11-5-6-13-24(21)31-35-20-29-32(36-31)40-28-16-10-8-14-25(28)26-19-22(2)23-12-7-9-15-27(23)39-18-17-37(3)33(39)30(26)34(40)38(29)4/h5-18,20,26,30,33-34H,2,19H2,1,3-4H3. The van der Waals surface area contributed by atoms with Gasteiger partial charge in [-0.05, 0) is 42.2 Å². The van der Waals surface area contributed by atoms with Crippen molar-refractivity contribution in [1.82, 2.24) is 14.9 Å². The van der Waals surface area contributed by atoms with Crippen molar-refractivity contribution in [2.45, 2.75) is 31.6 Å². The quantitative estimate of drug-likeness (QED) is 0.274. The SMILES string of the molecule is C=C1CC2c3ccccc3N3c4nc(-c5ccccc5C)ncc4N(C)C3C2C2N(C)C=CN2c2ccccc21. The Labute approximate surface area is 235 Å². The van der Waals surface area contributed by atoms with Crippen molar-refractivity contribution in [2.24, 2.45) is 5.92 Å². The number of anilines is 4. The highest BCUT2D eigenvalue weighted by molar-refractivity contribution is 5.86. The van der Waals surface area contributed by atoms with E-state index in [1.54, 1.807) is 0 Å². The minimum atomic E-state index is 0.0734. The normalized spacial score (nSPS) is 24.0. The lowest BCUT2D eigenvalue weighted by molar-refractivity contribution is 0.186. The Morgan fingerprint density at radius 2 is 1.52 bits per heavy atom. The monoisotopic (exact) mass is 524 g/mol. The van der Waals surface area contributed by atoms with Crippen LogP contribution in [0.3, 0.4) is 0 Å². The van der Waals surface area contributed by atoms with Crippen molar-refractivity contribution in [3.8, 4) is 11.4 Å². The molecule has 1 aromatic heterocycles. The number of rotatable bonds is 1. The third kappa shape index (κ3) is 3.10. The van der Waals surface area contributed by atoms with Crippen molar-refractivity contribution < 1.29 is 0 Å². The van der Waals surface area contributed by atoms with Crippen LogP contribution in [0.25, 0.3) is 17.0 Å². The van der Waals surface area contributed by atoms with E-state index >= 15 is 0 Å². The van der Waals surface area contributed by atoms with Gasteiger partial charge < -0.3 is 19.6 Å². The van der Waals surface area contributed by atoms with Crippen molar-refractivity contribution >= 4 is 28.5 Å². The predicted molar refractivity (Wildman–Crippen MR) is 162 cm³/mol. The average Bonchev–Trinajstić information content (AvgIpc) is 3.49. The highest BCUT2D eigenvalue weighted by Crippen LogP contribution is 2.58. The van der Waals surface area contributed by atoms with Crippen LogP contribution in [0.4, 0.5) is 22.9 Å². The summed E-state index contributed by atoms with van der Waals surface area (Å²) in [6.45, 7) is 6.76. The smallest absolute Gasteiger partial charge is 0.162 e. The van der Waals surface area contributed by atoms with Gasteiger partial charge in [0, 0.05) is 55.1 Å². The zero-order valence-electron chi connectivity index (χ0n) is 23.1. The molecule has 0 N–H and O–H groups in total. The molecule has 0 amide bonds. The number of aryl methyl sites for hydroxylation is 1. The maximum atomic E-state index is 5.27. The average molecular weight is 525 g/mol. The van der Waals surface area contributed by atoms with Crippen LogP contribution in [0.15, 0.2) is 98.0 Å². The molecule has 40 heavy (non-hydrogen) atoms. The maximum absolute atomic E-state index is 5.27. The first kappa shape index (κ1) is 23.3. The Kier molecular flexibility index (Phi) is 4.93. The largest absolute Gasteiger partial charge is 0.358 e. The van der Waals surface area contributed by atoms with E-state index in [1.807, 2.05) is 6.20 Å². The van der Waals surface area contributed by atoms with E-state index in [9.17, 15) is 0 Å². The van der Waals surface area contributed by atoms with Crippen LogP contribution >= 0.6 is 0 Å². The first-order valence-corrected chi connectivity index (χ1v) is 14.0. The first-order chi connectivity index (χ1) is 19.5. The molecular weight excluding hydrogens is 492 g/mol. The van der Waals surface area contributed by atoms with Gasteiger partial charge in [0.2, 0.25) is 0 Å². The Hall–Kier alpha value is -4.58. The van der Waals surface area contributed by atoms with Gasteiger partial charge in [0.25, 0.3) is 0 Å². The Morgan fingerprint density at radius 3 is 2.35 bits per heavy atom. The fourth-order valence-electron chi connectivity index (χ4n) is 7.52. The highest BCUT2D eigenvalue weighted by Gasteiger charge is 2.55. The number of nitrogens with zero attached hydrogens (tertiary/aromatic N) is 6. The van der Waals surface area contributed by atoms with Gasteiger partial charge in [0.15, 0.2) is 11.6 Å². The van der Waals surface area contributed by atoms with E-state index in [2.05, 4.69) is 132 Å². The summed E-state index contributed by atoms with van der Waals surface area (Å²) in [6, 6.07) is 26.0. The molecule has 3 aromatic carbocycles. The van der Waals surface area contributed by atoms with E-state index in [0.29, 0.717) is 0 Å². The van der Waals surface area contributed by atoms with Gasteiger partial charge >= 0.3 is 0 Å². The van der Waals surface area contributed by atoms with Crippen LogP contribution in [-0.2, 0) is 0 Å². The summed E-state index contributed by atoms with van der Waals surface area (Å²) in [5.74, 6) is 2.27. The highest BCUT2D eigenvalue weighted by atomic mass is 15.5. The Balaban J connectivity index is 1.35. The lowest BCUT2D eigenvalue weighted by Gasteiger charge is -2.52. The van der Waals surface area contributed by atoms with Crippen molar-refractivity contribution in [3.05, 3.63) is 115 Å². The van der Waals surface area contributed by atoms with Gasteiger partial charge in [0.1, 0.15) is 18.0 Å². The fraction of sp³-hybridized carbons (Fsp3) is 0.235. The summed E-state index contributed by atoms with van der Waals surface area (Å²) < 4.78 is 0. The summed E-state index contributed by atoms with van der Waals surface area (Å²) in [7, 11) is 4.42. The van der Waals surface area contributed by atoms with Crippen LogP contribution in [-0.4, -0.2) is 41.3 Å². The molecule has 4 aromatic rings. The molecule has 4 unspecified atom stereocenters. The molecule has 0 aliphatic carbocycles. The molecule has 6 nitrogen and oxygen atoms in total. The van der Waals surface area contributed by atoms with Gasteiger partial charge in [-0.15, -0.1) is 0 Å². The molecule has 0 saturated heterocycles. The van der Waals surface area contributed by atoms with Crippen molar-refractivity contribution in [2.75, 3.05) is 28.8 Å². The van der Waals surface area contributed by atoms with E-state index in [1.165, 1.54) is 33.6 Å². The minimum absolute atomic E-state index is 0.0734. The van der Waals surface area contributed by atoms with E-state index < -0.39 is 0 Å². The van der Waals surface area contributed by atoms with Crippen LogP contribution < -0.4 is 14.7 Å². The van der Waals surface area contributed by atoms with Gasteiger partial charge in [-0.1, -0.05) is 67.2 Å². The Bertz CT molecular complexity index is 1710. The van der Waals surface area contributed by atoms with Crippen LogP contribution in [0.1, 0.15) is 29.0 Å². The topological polar surface area (TPSA) is 38.7 Å². The van der Waals surface area contributed by atoms with Gasteiger partial charge in [-0.25, -0.2) is 9.97 Å². The molecule has 4 aliphatic heterocycles. The van der Waals surface area contributed by atoms with Crippen LogP contribution in [0.5, 0.6) is 0 Å². The molecule has 0 fully saturated rings.